The Labute approximate surface area is 166 Å². The van der Waals surface area contributed by atoms with Crippen LogP contribution in [0.2, 0.25) is 0 Å². The second kappa shape index (κ2) is 7.44. The summed E-state index contributed by atoms with van der Waals surface area (Å²) in [7, 11) is 0. The van der Waals surface area contributed by atoms with Crippen molar-refractivity contribution in [1.29, 1.82) is 0 Å². The highest BCUT2D eigenvalue weighted by Crippen LogP contribution is 2.48. The van der Waals surface area contributed by atoms with Crippen LogP contribution in [0.5, 0.6) is 11.5 Å². The van der Waals surface area contributed by atoms with E-state index < -0.39 is 22.2 Å². The molecule has 28 heavy (non-hydrogen) atoms. The SMILES string of the molecule is Cl.O=C(CN1C[C@@H]2CCC[C@@]2(C(=O)O)C1)Nc1cc2c(cc1[N+](=O)[O-])OCO2. The van der Waals surface area contributed by atoms with Crippen LogP contribution in [0.3, 0.4) is 0 Å². The smallest absolute Gasteiger partial charge is 0.311 e. The molecule has 1 aromatic rings. The quantitative estimate of drug-likeness (QED) is 0.552. The van der Waals surface area contributed by atoms with Gasteiger partial charge in [0, 0.05) is 19.2 Å². The molecule has 2 aliphatic heterocycles. The van der Waals surface area contributed by atoms with Gasteiger partial charge < -0.3 is 19.9 Å². The third kappa shape index (κ3) is 3.33. The molecule has 0 aromatic heterocycles. The molecule has 11 heteroatoms. The number of anilines is 1. The Morgan fingerprint density at radius 1 is 1.36 bits per heavy atom. The first kappa shape index (κ1) is 20.2. The molecule has 10 nitrogen and oxygen atoms in total. The topological polar surface area (TPSA) is 131 Å². The third-order valence-corrected chi connectivity index (χ3v) is 5.70. The van der Waals surface area contributed by atoms with Gasteiger partial charge in [-0.3, -0.25) is 24.6 Å². The van der Waals surface area contributed by atoms with Crippen molar-refractivity contribution in [1.82, 2.24) is 4.90 Å². The van der Waals surface area contributed by atoms with E-state index in [2.05, 4.69) is 5.32 Å². The fraction of sp³-hybridized carbons (Fsp3) is 0.529. The summed E-state index contributed by atoms with van der Waals surface area (Å²) in [6.07, 6.45) is 2.36. The zero-order valence-corrected chi connectivity index (χ0v) is 15.7. The molecule has 1 amide bonds. The number of fused-ring (bicyclic) bond motifs is 2. The summed E-state index contributed by atoms with van der Waals surface area (Å²) in [5.41, 5.74) is -1.03. The van der Waals surface area contributed by atoms with E-state index in [1.807, 2.05) is 4.90 Å². The van der Waals surface area contributed by atoms with E-state index in [-0.39, 0.29) is 48.8 Å². The summed E-state index contributed by atoms with van der Waals surface area (Å²) in [5.74, 6) is -0.605. The molecule has 0 unspecified atom stereocenters. The predicted molar refractivity (Wildman–Crippen MR) is 98.9 cm³/mol. The number of nitro groups is 1. The van der Waals surface area contributed by atoms with Gasteiger partial charge in [0.05, 0.1) is 22.9 Å². The Kier molecular flexibility index (Phi) is 5.35. The van der Waals surface area contributed by atoms with Gasteiger partial charge in [-0.2, -0.15) is 0 Å². The molecule has 152 valence electrons. The normalized spacial score (nSPS) is 25.1. The number of carbonyl (C=O) groups is 2. The molecular formula is C17H20ClN3O7. The van der Waals surface area contributed by atoms with Gasteiger partial charge in [0.2, 0.25) is 12.7 Å². The van der Waals surface area contributed by atoms with E-state index in [0.717, 1.165) is 12.8 Å². The summed E-state index contributed by atoms with van der Waals surface area (Å²) in [4.78, 5) is 36.7. The van der Waals surface area contributed by atoms with Crippen LogP contribution in [0.25, 0.3) is 0 Å². The van der Waals surface area contributed by atoms with Crippen LogP contribution in [0.15, 0.2) is 12.1 Å². The monoisotopic (exact) mass is 413 g/mol. The molecule has 1 saturated carbocycles. The minimum absolute atomic E-state index is 0. The Bertz CT molecular complexity index is 833. The van der Waals surface area contributed by atoms with Crippen LogP contribution < -0.4 is 14.8 Å². The van der Waals surface area contributed by atoms with Crippen molar-refractivity contribution in [3.63, 3.8) is 0 Å². The number of carbonyl (C=O) groups excluding carboxylic acids is 1. The van der Waals surface area contributed by atoms with Gasteiger partial charge in [-0.15, -0.1) is 12.4 Å². The van der Waals surface area contributed by atoms with Crippen molar-refractivity contribution in [2.45, 2.75) is 19.3 Å². The number of amides is 1. The van der Waals surface area contributed by atoms with E-state index >= 15 is 0 Å². The Hall–Kier alpha value is -2.59. The molecule has 0 radical (unpaired) electrons. The molecule has 3 aliphatic rings. The second-order valence-electron chi connectivity index (χ2n) is 7.25. The zero-order chi connectivity index (χ0) is 19.2. The standard InChI is InChI=1S/C17H19N3O7.ClH/c21-15(7-19-6-10-2-1-3-17(10,8-19)16(22)23)18-11-4-13-14(27-9-26-13)5-12(11)20(24)25;/h4-5,10H,1-3,6-9H2,(H,18,21)(H,22,23);1H/t10-,17+;/m0./s1. The largest absolute Gasteiger partial charge is 0.481 e. The van der Waals surface area contributed by atoms with Gasteiger partial charge in [0.1, 0.15) is 5.69 Å². The Morgan fingerprint density at radius 3 is 2.71 bits per heavy atom. The fourth-order valence-electron chi connectivity index (χ4n) is 4.44. The highest BCUT2D eigenvalue weighted by molar-refractivity contribution is 5.95. The molecule has 1 saturated heterocycles. The zero-order valence-electron chi connectivity index (χ0n) is 14.9. The summed E-state index contributed by atoms with van der Waals surface area (Å²) < 4.78 is 10.3. The molecule has 4 rings (SSSR count). The number of halogens is 1. The molecule has 0 spiro atoms. The minimum Gasteiger partial charge on any atom is -0.481 e. The average Bonchev–Trinajstić information content (AvgIpc) is 3.27. The predicted octanol–water partition coefficient (Wildman–Crippen LogP) is 1.87. The first-order valence-corrected chi connectivity index (χ1v) is 8.73. The number of carboxylic acid groups (broad SMARTS) is 1. The van der Waals surface area contributed by atoms with Gasteiger partial charge >= 0.3 is 5.97 Å². The van der Waals surface area contributed by atoms with Crippen LogP contribution in [0, 0.1) is 21.4 Å². The number of nitrogens with one attached hydrogen (secondary N) is 1. The van der Waals surface area contributed by atoms with Crippen molar-refractivity contribution in [3.8, 4) is 11.5 Å². The lowest BCUT2D eigenvalue weighted by Gasteiger charge is -2.23. The molecular weight excluding hydrogens is 394 g/mol. The van der Waals surface area contributed by atoms with E-state index in [1.54, 1.807) is 0 Å². The third-order valence-electron chi connectivity index (χ3n) is 5.70. The number of aliphatic carboxylic acids is 1. The fourth-order valence-corrected chi connectivity index (χ4v) is 4.44. The summed E-state index contributed by atoms with van der Waals surface area (Å²) >= 11 is 0. The number of ether oxygens (including phenoxy) is 2. The summed E-state index contributed by atoms with van der Waals surface area (Å²) in [5, 5.41) is 23.5. The molecule has 2 atom stereocenters. The number of benzene rings is 1. The molecule has 1 aliphatic carbocycles. The lowest BCUT2D eigenvalue weighted by Crippen LogP contribution is -2.37. The molecule has 2 N–H and O–H groups in total. The first-order chi connectivity index (χ1) is 12.9. The van der Waals surface area contributed by atoms with Crippen molar-refractivity contribution < 1.29 is 29.1 Å². The van der Waals surface area contributed by atoms with Crippen molar-refractivity contribution >= 4 is 35.7 Å². The lowest BCUT2D eigenvalue weighted by atomic mass is 9.81. The van der Waals surface area contributed by atoms with Gasteiger partial charge in [-0.25, -0.2) is 0 Å². The molecule has 0 bridgehead atoms. The number of carboxylic acids is 1. The first-order valence-electron chi connectivity index (χ1n) is 8.73. The van der Waals surface area contributed by atoms with Crippen LogP contribution in [-0.2, 0) is 9.59 Å². The molecule has 2 fully saturated rings. The average molecular weight is 414 g/mol. The number of nitro benzene ring substituents is 1. The number of nitrogens with zero attached hydrogens (tertiary/aromatic N) is 2. The van der Waals surface area contributed by atoms with Gasteiger partial charge in [-0.1, -0.05) is 6.42 Å². The number of hydrogen-bond donors (Lipinski definition) is 2. The number of likely N-dealkylation sites (tertiary alicyclic amines) is 1. The maximum absolute atomic E-state index is 12.4. The van der Waals surface area contributed by atoms with Gasteiger partial charge in [0.15, 0.2) is 11.5 Å². The maximum Gasteiger partial charge on any atom is 0.311 e. The molecule has 2 heterocycles. The second-order valence-corrected chi connectivity index (χ2v) is 7.25. The van der Waals surface area contributed by atoms with Crippen LogP contribution in [-0.4, -0.2) is 53.2 Å². The van der Waals surface area contributed by atoms with E-state index in [1.165, 1.54) is 12.1 Å². The summed E-state index contributed by atoms with van der Waals surface area (Å²) in [6, 6.07) is 2.59. The number of hydrogen-bond acceptors (Lipinski definition) is 7. The Balaban J connectivity index is 0.00000225. The lowest BCUT2D eigenvalue weighted by molar-refractivity contribution is -0.384. The van der Waals surface area contributed by atoms with E-state index in [0.29, 0.717) is 25.3 Å². The van der Waals surface area contributed by atoms with Crippen LogP contribution >= 0.6 is 12.4 Å². The van der Waals surface area contributed by atoms with Crippen molar-refractivity contribution in [2.24, 2.45) is 11.3 Å². The van der Waals surface area contributed by atoms with E-state index in [9.17, 15) is 24.8 Å². The van der Waals surface area contributed by atoms with Gasteiger partial charge in [-0.05, 0) is 18.8 Å². The highest BCUT2D eigenvalue weighted by Gasteiger charge is 2.54. The van der Waals surface area contributed by atoms with Crippen molar-refractivity contribution in [3.05, 3.63) is 22.2 Å². The highest BCUT2D eigenvalue weighted by atomic mass is 35.5. The molecule has 1 aromatic carbocycles. The van der Waals surface area contributed by atoms with Crippen LogP contribution in [0.4, 0.5) is 11.4 Å². The van der Waals surface area contributed by atoms with Crippen LogP contribution in [0.1, 0.15) is 19.3 Å². The van der Waals surface area contributed by atoms with E-state index in [4.69, 9.17) is 9.47 Å². The van der Waals surface area contributed by atoms with Crippen molar-refractivity contribution in [2.75, 3.05) is 31.7 Å². The minimum atomic E-state index is -0.806. The van der Waals surface area contributed by atoms with Gasteiger partial charge in [0.25, 0.3) is 5.69 Å². The Morgan fingerprint density at radius 2 is 2.07 bits per heavy atom. The maximum atomic E-state index is 12.4. The summed E-state index contributed by atoms with van der Waals surface area (Å²) in [6.45, 7) is 0.819. The number of rotatable bonds is 5.